The highest BCUT2D eigenvalue weighted by atomic mass is 35.5. The number of sulfone groups is 1. The number of piperidine rings is 1. The van der Waals surface area contributed by atoms with Crippen molar-refractivity contribution >= 4 is 38.9 Å². The number of aromatic nitrogens is 1. The summed E-state index contributed by atoms with van der Waals surface area (Å²) in [6, 6.07) is 9.38. The highest BCUT2D eigenvalue weighted by Crippen LogP contribution is 2.32. The van der Waals surface area contributed by atoms with E-state index in [0.29, 0.717) is 13.1 Å². The Morgan fingerprint density at radius 2 is 1.79 bits per heavy atom. The summed E-state index contributed by atoms with van der Waals surface area (Å²) >= 11 is 12.1. The van der Waals surface area contributed by atoms with E-state index < -0.39 is 9.84 Å². The molecule has 3 rings (SSSR count). The number of carbonyl (C=O) groups is 1. The number of nitrogens with zero attached hydrogens (tertiary/aromatic N) is 2. The van der Waals surface area contributed by atoms with E-state index in [1.807, 2.05) is 0 Å². The van der Waals surface area contributed by atoms with Crippen molar-refractivity contribution in [1.82, 2.24) is 9.88 Å². The summed E-state index contributed by atoms with van der Waals surface area (Å²) in [6.45, 7) is 5.61. The second-order valence-electron chi connectivity index (χ2n) is 7.82. The van der Waals surface area contributed by atoms with Crippen LogP contribution in [-0.4, -0.2) is 37.3 Å². The van der Waals surface area contributed by atoms with Crippen LogP contribution in [0.3, 0.4) is 0 Å². The molecule has 1 saturated heterocycles. The molecule has 2 aromatic rings. The van der Waals surface area contributed by atoms with Crippen molar-refractivity contribution in [3.05, 3.63) is 57.8 Å². The van der Waals surface area contributed by atoms with Gasteiger partial charge in [-0.05, 0) is 42.5 Å². The number of pyridine rings is 1. The summed E-state index contributed by atoms with van der Waals surface area (Å²) in [5.41, 5.74) is 0.587. The largest absolute Gasteiger partial charge is 0.337 e. The first-order valence-electron chi connectivity index (χ1n) is 9.01. The van der Waals surface area contributed by atoms with Crippen LogP contribution in [0.2, 0.25) is 10.0 Å². The van der Waals surface area contributed by atoms with E-state index in [0.717, 1.165) is 12.8 Å². The SMILES string of the molecule is CC1(C)CCCN(C(=O)c2cccc(CS(=O)(=O)c3c(Cl)cccc3Cl)n2)C1. The molecule has 0 saturated carbocycles. The lowest BCUT2D eigenvalue weighted by atomic mass is 9.84. The fourth-order valence-corrected chi connectivity index (χ4v) is 6.01. The first-order valence-corrected chi connectivity index (χ1v) is 11.4. The third-order valence-electron chi connectivity index (χ3n) is 4.78. The van der Waals surface area contributed by atoms with E-state index in [1.54, 1.807) is 29.2 Å². The molecule has 1 aliphatic heterocycles. The molecule has 1 aromatic carbocycles. The Labute approximate surface area is 175 Å². The lowest BCUT2D eigenvalue weighted by Gasteiger charge is -2.37. The van der Waals surface area contributed by atoms with Gasteiger partial charge in [0.15, 0.2) is 9.84 Å². The lowest BCUT2D eigenvalue weighted by Crippen LogP contribution is -2.43. The first kappa shape index (κ1) is 21.1. The molecule has 28 heavy (non-hydrogen) atoms. The highest BCUT2D eigenvalue weighted by molar-refractivity contribution is 7.90. The zero-order chi connectivity index (χ0) is 20.5. The predicted molar refractivity (Wildman–Crippen MR) is 111 cm³/mol. The zero-order valence-electron chi connectivity index (χ0n) is 15.8. The smallest absolute Gasteiger partial charge is 0.272 e. The van der Waals surface area contributed by atoms with Crippen molar-refractivity contribution in [3.8, 4) is 0 Å². The van der Waals surface area contributed by atoms with Crippen molar-refractivity contribution in [2.24, 2.45) is 5.41 Å². The number of hydrogen-bond donors (Lipinski definition) is 0. The highest BCUT2D eigenvalue weighted by Gasteiger charge is 2.30. The quantitative estimate of drug-likeness (QED) is 0.694. The predicted octanol–water partition coefficient (Wildman–Crippen LogP) is 4.62. The van der Waals surface area contributed by atoms with Crippen LogP contribution in [0.5, 0.6) is 0 Å². The summed E-state index contributed by atoms with van der Waals surface area (Å²) in [7, 11) is -3.81. The molecule has 1 aromatic heterocycles. The van der Waals surface area contributed by atoms with E-state index in [-0.39, 0.29) is 43.4 Å². The molecule has 0 atom stereocenters. The third kappa shape index (κ3) is 4.67. The normalized spacial score (nSPS) is 16.8. The van der Waals surface area contributed by atoms with Gasteiger partial charge in [0.25, 0.3) is 5.91 Å². The maximum Gasteiger partial charge on any atom is 0.272 e. The minimum Gasteiger partial charge on any atom is -0.337 e. The minimum atomic E-state index is -3.81. The van der Waals surface area contributed by atoms with Crippen LogP contribution in [0.1, 0.15) is 42.9 Å². The summed E-state index contributed by atoms with van der Waals surface area (Å²) in [5, 5.41) is 0.130. The Bertz CT molecular complexity index is 986. The van der Waals surface area contributed by atoms with Gasteiger partial charge in [0.2, 0.25) is 0 Å². The van der Waals surface area contributed by atoms with Gasteiger partial charge in [-0.2, -0.15) is 0 Å². The molecule has 1 fully saturated rings. The molecular weight excluding hydrogens is 419 g/mol. The molecule has 0 aliphatic carbocycles. The zero-order valence-corrected chi connectivity index (χ0v) is 18.1. The van der Waals surface area contributed by atoms with Gasteiger partial charge < -0.3 is 4.90 Å². The average molecular weight is 441 g/mol. The lowest BCUT2D eigenvalue weighted by molar-refractivity contribution is 0.0577. The van der Waals surface area contributed by atoms with E-state index in [1.165, 1.54) is 12.1 Å². The van der Waals surface area contributed by atoms with Gasteiger partial charge in [-0.15, -0.1) is 0 Å². The van der Waals surface area contributed by atoms with Crippen LogP contribution in [0.15, 0.2) is 41.3 Å². The molecule has 2 heterocycles. The number of halogens is 2. The van der Waals surface area contributed by atoms with Crippen molar-refractivity contribution in [2.75, 3.05) is 13.1 Å². The van der Waals surface area contributed by atoms with E-state index in [4.69, 9.17) is 23.2 Å². The molecule has 1 amide bonds. The summed E-state index contributed by atoms with van der Waals surface area (Å²) in [4.78, 5) is 18.8. The van der Waals surface area contributed by atoms with Crippen LogP contribution in [-0.2, 0) is 15.6 Å². The van der Waals surface area contributed by atoms with Crippen LogP contribution in [0.25, 0.3) is 0 Å². The standard InChI is InChI=1S/C20H22Cl2N2O3S/c1-20(2)10-5-11-24(13-20)19(25)17-9-3-6-14(23-17)12-28(26,27)18-15(21)7-4-8-16(18)22/h3-4,6-9H,5,10-13H2,1-2H3. The Hall–Kier alpha value is -1.63. The van der Waals surface area contributed by atoms with Gasteiger partial charge in [-0.3, -0.25) is 4.79 Å². The molecule has 0 unspecified atom stereocenters. The van der Waals surface area contributed by atoms with Crippen LogP contribution in [0, 0.1) is 5.41 Å². The summed E-state index contributed by atoms with van der Waals surface area (Å²) in [6.07, 6.45) is 2.01. The Morgan fingerprint density at radius 1 is 1.14 bits per heavy atom. The van der Waals surface area contributed by atoms with E-state index in [9.17, 15) is 13.2 Å². The van der Waals surface area contributed by atoms with E-state index >= 15 is 0 Å². The molecule has 0 N–H and O–H groups in total. The molecule has 5 nitrogen and oxygen atoms in total. The minimum absolute atomic E-state index is 0.0651. The second kappa shape index (κ2) is 8.01. The summed E-state index contributed by atoms with van der Waals surface area (Å²) < 4.78 is 25.6. The third-order valence-corrected chi connectivity index (χ3v) is 7.37. The molecule has 0 bridgehead atoms. The number of amides is 1. The average Bonchev–Trinajstić information content (AvgIpc) is 2.59. The molecule has 1 aliphatic rings. The second-order valence-corrected chi connectivity index (χ2v) is 10.6. The number of benzene rings is 1. The van der Waals surface area contributed by atoms with Gasteiger partial charge in [-0.25, -0.2) is 13.4 Å². The molecule has 0 spiro atoms. The van der Waals surface area contributed by atoms with Crippen LogP contribution in [0.4, 0.5) is 0 Å². The number of carbonyl (C=O) groups excluding carboxylic acids is 1. The Morgan fingerprint density at radius 3 is 2.43 bits per heavy atom. The molecular formula is C20H22Cl2N2O3S. The van der Waals surface area contributed by atoms with Crippen molar-refractivity contribution in [3.63, 3.8) is 0 Å². The molecule has 150 valence electrons. The Kier molecular flexibility index (Phi) is 6.03. The van der Waals surface area contributed by atoms with Crippen molar-refractivity contribution in [1.29, 1.82) is 0 Å². The van der Waals surface area contributed by atoms with Gasteiger partial charge in [0.05, 0.1) is 21.5 Å². The van der Waals surface area contributed by atoms with Crippen LogP contribution < -0.4 is 0 Å². The molecule has 8 heteroatoms. The number of likely N-dealkylation sites (tertiary alicyclic amines) is 1. The van der Waals surface area contributed by atoms with Gasteiger partial charge >= 0.3 is 0 Å². The topological polar surface area (TPSA) is 67.3 Å². The number of rotatable bonds is 4. The van der Waals surface area contributed by atoms with Gasteiger partial charge in [0.1, 0.15) is 10.6 Å². The maximum atomic E-state index is 12.9. The van der Waals surface area contributed by atoms with Crippen molar-refractivity contribution in [2.45, 2.75) is 37.3 Å². The first-order chi connectivity index (χ1) is 13.1. The fourth-order valence-electron chi connectivity index (χ4n) is 3.48. The summed E-state index contributed by atoms with van der Waals surface area (Å²) in [5.74, 6) is -0.564. The maximum absolute atomic E-state index is 12.9. The van der Waals surface area contributed by atoms with Crippen molar-refractivity contribution < 1.29 is 13.2 Å². The monoisotopic (exact) mass is 440 g/mol. The van der Waals surface area contributed by atoms with Crippen LogP contribution >= 0.6 is 23.2 Å². The van der Waals surface area contributed by atoms with Gasteiger partial charge in [0, 0.05) is 13.1 Å². The van der Waals surface area contributed by atoms with Gasteiger partial charge in [-0.1, -0.05) is 49.2 Å². The fraction of sp³-hybridized carbons (Fsp3) is 0.400. The van der Waals surface area contributed by atoms with E-state index in [2.05, 4.69) is 18.8 Å². The molecule has 0 radical (unpaired) electrons. The number of hydrogen-bond acceptors (Lipinski definition) is 4. The Balaban J connectivity index is 1.85.